The van der Waals surface area contributed by atoms with Crippen molar-refractivity contribution >= 4 is 37.8 Å². The summed E-state index contributed by atoms with van der Waals surface area (Å²) in [6, 6.07) is 2.13. The first-order valence-corrected chi connectivity index (χ1v) is 10.7. The van der Waals surface area contributed by atoms with Crippen molar-refractivity contribution in [3.63, 3.8) is 0 Å². The summed E-state index contributed by atoms with van der Waals surface area (Å²) in [7, 11) is -5.64. The van der Waals surface area contributed by atoms with Crippen LogP contribution in [0.1, 0.15) is 17.8 Å². The van der Waals surface area contributed by atoms with Crippen LogP contribution in [-0.4, -0.2) is 57.0 Å². The third-order valence-electron chi connectivity index (χ3n) is 3.38. The van der Waals surface area contributed by atoms with E-state index in [4.69, 9.17) is 0 Å². The molecular formula is C12H19N5O5S3. The van der Waals surface area contributed by atoms with Crippen molar-refractivity contribution in [3.8, 4) is 0 Å². The first kappa shape index (κ1) is 19.7. The molecule has 1 aliphatic rings. The number of allylic oxidation sites excluding steroid dienone is 1. The highest BCUT2D eigenvalue weighted by Crippen LogP contribution is 2.30. The lowest BCUT2D eigenvalue weighted by molar-refractivity contribution is 0.179. The highest BCUT2D eigenvalue weighted by Gasteiger charge is 2.37. The molecule has 0 saturated carbocycles. The van der Waals surface area contributed by atoms with Crippen LogP contribution in [0.25, 0.3) is 0 Å². The molecule has 0 aliphatic carbocycles. The van der Waals surface area contributed by atoms with E-state index in [1.54, 1.807) is 17.7 Å². The predicted molar refractivity (Wildman–Crippen MR) is 93.6 cm³/mol. The van der Waals surface area contributed by atoms with E-state index in [1.165, 1.54) is 25.4 Å². The number of hydrogen-bond donors (Lipinski definition) is 2. The number of urea groups is 1. The Morgan fingerprint density at radius 3 is 2.44 bits per heavy atom. The average Bonchev–Trinajstić information content (AvgIpc) is 3.14. The Kier molecular flexibility index (Phi) is 5.44. The summed E-state index contributed by atoms with van der Waals surface area (Å²) in [6.45, 7) is 1.73. The van der Waals surface area contributed by atoms with E-state index in [2.05, 4.69) is 5.43 Å². The molecule has 1 aromatic heterocycles. The number of carbonyl (C=O) groups is 1. The maximum atomic E-state index is 12.4. The van der Waals surface area contributed by atoms with Crippen LogP contribution in [-0.2, 0) is 20.4 Å². The number of amides is 2. The van der Waals surface area contributed by atoms with Gasteiger partial charge in [0.25, 0.3) is 10.2 Å². The number of hydrogen-bond acceptors (Lipinski definition) is 7. The number of nitrogens with one attached hydrogen (secondary N) is 2. The van der Waals surface area contributed by atoms with Gasteiger partial charge in [0.05, 0.1) is 0 Å². The first-order chi connectivity index (χ1) is 11.5. The van der Waals surface area contributed by atoms with Crippen molar-refractivity contribution in [2.75, 3.05) is 21.1 Å². The second-order valence-electron chi connectivity index (χ2n) is 5.37. The van der Waals surface area contributed by atoms with E-state index >= 15 is 0 Å². The van der Waals surface area contributed by atoms with E-state index in [1.807, 2.05) is 17.5 Å². The smallest absolute Gasteiger partial charge is 0.298 e. The molecule has 0 saturated heterocycles. The molecule has 2 N–H and O–H groups in total. The van der Waals surface area contributed by atoms with Gasteiger partial charge in [-0.1, -0.05) is 9.78 Å². The quantitative estimate of drug-likeness (QED) is 0.717. The highest BCUT2D eigenvalue weighted by atomic mass is 32.3. The van der Waals surface area contributed by atoms with Crippen LogP contribution in [0, 0.1) is 0 Å². The Labute approximate surface area is 151 Å². The molecule has 0 spiro atoms. The Morgan fingerprint density at radius 1 is 1.28 bits per heavy atom. The van der Waals surface area contributed by atoms with Crippen LogP contribution >= 0.6 is 11.3 Å². The fraction of sp³-hybridized carbons (Fsp3) is 0.417. The highest BCUT2D eigenvalue weighted by molar-refractivity contribution is 8.02. The summed E-state index contributed by atoms with van der Waals surface area (Å²) < 4.78 is 51.0. The Bertz CT molecular complexity index is 876. The summed E-state index contributed by atoms with van der Waals surface area (Å²) in [6.07, 6.45) is 1.76. The van der Waals surface area contributed by atoms with Gasteiger partial charge in [-0.3, -0.25) is 5.43 Å². The normalized spacial score (nSPS) is 18.4. The molecule has 0 aromatic carbocycles. The number of thiophene rings is 1. The minimum atomic E-state index is -4.61. The zero-order chi connectivity index (χ0) is 19.0. The Hall–Kier alpha value is -1.67. The molecule has 10 nitrogen and oxygen atoms in total. The molecule has 2 rings (SSSR count). The maximum Gasteiger partial charge on any atom is 0.351 e. The Balaban J connectivity index is 2.21. The molecule has 1 unspecified atom stereocenters. The predicted octanol–water partition coefficient (Wildman–Crippen LogP) is 0.206. The van der Waals surface area contributed by atoms with Gasteiger partial charge in [-0.05, 0) is 24.4 Å². The molecule has 1 atom stereocenters. The van der Waals surface area contributed by atoms with Gasteiger partial charge in [-0.25, -0.2) is 14.5 Å². The summed E-state index contributed by atoms with van der Waals surface area (Å²) in [5.41, 5.74) is 3.43. The van der Waals surface area contributed by atoms with Crippen molar-refractivity contribution in [2.24, 2.45) is 0 Å². The lowest BCUT2D eigenvalue weighted by Crippen LogP contribution is -2.53. The SMILES string of the molecule is CC1=CC(c2cccs2)N(C(=O)NS(=O)(=O)N(C)S(=O)(=O)N(C)C)N1. The fourth-order valence-corrected chi connectivity index (χ4v) is 5.23. The van der Waals surface area contributed by atoms with Crippen molar-refractivity contribution in [3.05, 3.63) is 34.2 Å². The standard InChI is InChI=1S/C12H19N5O5S3/c1-9-8-10(11-6-5-7-23-11)17(13-9)12(18)14-24(19,20)16(4)25(21,22)15(2)3/h5-8,10,13H,1-4H3,(H,14,18). The summed E-state index contributed by atoms with van der Waals surface area (Å²) in [5.74, 6) is 0. The van der Waals surface area contributed by atoms with Crippen LogP contribution in [0.4, 0.5) is 4.79 Å². The van der Waals surface area contributed by atoms with Gasteiger partial charge < -0.3 is 0 Å². The van der Waals surface area contributed by atoms with Crippen molar-refractivity contribution < 1.29 is 21.6 Å². The van der Waals surface area contributed by atoms with Crippen LogP contribution < -0.4 is 10.1 Å². The number of nitrogens with zero attached hydrogens (tertiary/aromatic N) is 3. The van der Waals surface area contributed by atoms with E-state index < -0.39 is 32.5 Å². The topological polar surface area (TPSA) is 119 Å². The van der Waals surface area contributed by atoms with Gasteiger partial charge in [-0.15, -0.1) is 11.3 Å². The van der Waals surface area contributed by atoms with E-state index in [9.17, 15) is 21.6 Å². The van der Waals surface area contributed by atoms with Gasteiger partial charge in [0, 0.05) is 31.7 Å². The van der Waals surface area contributed by atoms with Crippen molar-refractivity contribution in [1.82, 2.24) is 23.2 Å². The minimum Gasteiger partial charge on any atom is -0.298 e. The molecule has 2 amide bonds. The largest absolute Gasteiger partial charge is 0.351 e. The second-order valence-corrected chi connectivity index (χ2v) is 10.5. The summed E-state index contributed by atoms with van der Waals surface area (Å²) in [5, 5.41) is 2.93. The van der Waals surface area contributed by atoms with E-state index in [0.29, 0.717) is 5.70 Å². The zero-order valence-electron chi connectivity index (χ0n) is 14.0. The molecule has 0 radical (unpaired) electrons. The molecule has 1 aliphatic heterocycles. The number of hydrazine groups is 1. The minimum absolute atomic E-state index is 0.106. The fourth-order valence-electron chi connectivity index (χ4n) is 2.03. The zero-order valence-corrected chi connectivity index (χ0v) is 16.4. The summed E-state index contributed by atoms with van der Waals surface area (Å²) in [4.78, 5) is 13.2. The first-order valence-electron chi connectivity index (χ1n) is 6.98. The molecule has 2 heterocycles. The van der Waals surface area contributed by atoms with Crippen molar-refractivity contribution in [2.45, 2.75) is 13.0 Å². The van der Waals surface area contributed by atoms with Gasteiger partial charge in [-0.2, -0.15) is 21.1 Å². The van der Waals surface area contributed by atoms with Crippen molar-refractivity contribution in [1.29, 1.82) is 0 Å². The second kappa shape index (κ2) is 6.92. The maximum absolute atomic E-state index is 12.4. The molecule has 140 valence electrons. The van der Waals surface area contributed by atoms with Gasteiger partial charge >= 0.3 is 16.2 Å². The third kappa shape index (κ3) is 3.95. The van der Waals surface area contributed by atoms with Gasteiger partial charge in [0.2, 0.25) is 0 Å². The van der Waals surface area contributed by atoms with Crippen LogP contribution in [0.15, 0.2) is 29.3 Å². The number of carbonyl (C=O) groups excluding carboxylic acids is 1. The average molecular weight is 410 g/mol. The van der Waals surface area contributed by atoms with Gasteiger partial charge in [0.1, 0.15) is 6.04 Å². The third-order valence-corrected chi connectivity index (χ3v) is 8.16. The van der Waals surface area contributed by atoms with Crippen LogP contribution in [0.3, 0.4) is 0 Å². The molecular weight excluding hydrogens is 390 g/mol. The summed E-state index contributed by atoms with van der Waals surface area (Å²) >= 11 is 1.41. The lowest BCUT2D eigenvalue weighted by atomic mass is 10.2. The molecule has 0 fully saturated rings. The van der Waals surface area contributed by atoms with Crippen LogP contribution in [0.2, 0.25) is 0 Å². The van der Waals surface area contributed by atoms with Gasteiger partial charge in [0.15, 0.2) is 0 Å². The monoisotopic (exact) mass is 409 g/mol. The Morgan fingerprint density at radius 2 is 1.92 bits per heavy atom. The molecule has 1 aromatic rings. The molecule has 25 heavy (non-hydrogen) atoms. The molecule has 13 heteroatoms. The lowest BCUT2D eigenvalue weighted by Gasteiger charge is -2.26. The number of rotatable bonds is 5. The van der Waals surface area contributed by atoms with E-state index in [-0.39, 0.29) is 3.71 Å². The molecule has 0 bridgehead atoms. The van der Waals surface area contributed by atoms with Crippen LogP contribution in [0.5, 0.6) is 0 Å². The van der Waals surface area contributed by atoms with E-state index in [0.717, 1.165) is 21.2 Å².